The minimum Gasteiger partial charge on any atom is -0.456 e. The van der Waals surface area contributed by atoms with Crippen LogP contribution >= 0.6 is 0 Å². The summed E-state index contributed by atoms with van der Waals surface area (Å²) in [6, 6.07) is 61.5. The molecule has 0 bridgehead atoms. The number of benzene rings is 9. The molecule has 10 rings (SSSR count). The van der Waals surface area contributed by atoms with E-state index in [1.54, 1.807) is 0 Å². The van der Waals surface area contributed by atoms with Crippen molar-refractivity contribution < 1.29 is 4.74 Å². The first-order chi connectivity index (χ1) is 23.3. The third-order valence-electron chi connectivity index (χ3n) is 9.86. The van der Waals surface area contributed by atoms with E-state index < -0.39 is 0 Å². The van der Waals surface area contributed by atoms with Gasteiger partial charge in [0.1, 0.15) is 11.5 Å². The monoisotopic (exact) mass is 596 g/mol. The fourth-order valence-corrected chi connectivity index (χ4v) is 7.73. The van der Waals surface area contributed by atoms with Gasteiger partial charge in [0.05, 0.1) is 0 Å². The average molecular weight is 597 g/mol. The van der Waals surface area contributed by atoms with E-state index in [4.69, 9.17) is 4.74 Å². The first kappa shape index (κ1) is 26.1. The number of rotatable bonds is 3. The number of para-hydroxylation sites is 1. The fourth-order valence-electron chi connectivity index (χ4n) is 7.73. The first-order valence-corrected chi connectivity index (χ1v) is 16.2. The fraction of sp³-hybridized carbons (Fsp3) is 0. The molecule has 1 nitrogen and oxygen atoms in total. The third-order valence-corrected chi connectivity index (χ3v) is 9.86. The largest absolute Gasteiger partial charge is 0.456 e. The summed E-state index contributed by atoms with van der Waals surface area (Å²) in [4.78, 5) is 0. The number of hydrogen-bond acceptors (Lipinski definition) is 1. The molecule has 0 N–H and O–H groups in total. The van der Waals surface area contributed by atoms with Crippen LogP contribution in [0, 0.1) is 0 Å². The lowest BCUT2D eigenvalue weighted by molar-refractivity contribution is 0.487. The molecule has 0 spiro atoms. The van der Waals surface area contributed by atoms with Gasteiger partial charge in [-0.05, 0) is 101 Å². The molecule has 9 aromatic rings. The van der Waals surface area contributed by atoms with Crippen LogP contribution in [0.2, 0.25) is 0 Å². The van der Waals surface area contributed by atoms with Crippen LogP contribution in [0.4, 0.5) is 0 Å². The van der Waals surface area contributed by atoms with Crippen molar-refractivity contribution in [3.8, 4) is 56.0 Å². The van der Waals surface area contributed by atoms with Gasteiger partial charge in [-0.1, -0.05) is 146 Å². The van der Waals surface area contributed by atoms with Crippen LogP contribution in [0.3, 0.4) is 0 Å². The predicted octanol–water partition coefficient (Wildman–Crippen LogP) is 13.1. The Kier molecular flexibility index (Phi) is 5.64. The molecular formula is C46H28O. The van der Waals surface area contributed by atoms with Gasteiger partial charge in [0.25, 0.3) is 0 Å². The summed E-state index contributed by atoms with van der Waals surface area (Å²) in [6.07, 6.45) is 0. The lowest BCUT2D eigenvalue weighted by Crippen LogP contribution is -1.98. The molecule has 0 atom stereocenters. The topological polar surface area (TPSA) is 9.23 Å². The molecule has 1 heteroatoms. The van der Waals surface area contributed by atoms with Crippen molar-refractivity contribution >= 4 is 43.1 Å². The molecule has 47 heavy (non-hydrogen) atoms. The van der Waals surface area contributed by atoms with Crippen LogP contribution < -0.4 is 4.74 Å². The molecule has 1 heterocycles. The molecule has 1 aliphatic heterocycles. The Hall–Kier alpha value is -6.18. The van der Waals surface area contributed by atoms with Crippen LogP contribution in [-0.2, 0) is 0 Å². The molecule has 1 aliphatic rings. The Morgan fingerprint density at radius 2 is 0.872 bits per heavy atom. The Morgan fingerprint density at radius 1 is 0.298 bits per heavy atom. The van der Waals surface area contributed by atoms with E-state index in [1.807, 2.05) is 6.07 Å². The molecule has 0 saturated heterocycles. The summed E-state index contributed by atoms with van der Waals surface area (Å²) in [5.74, 6) is 1.82. The van der Waals surface area contributed by atoms with E-state index in [9.17, 15) is 0 Å². The number of ether oxygens (including phenoxy) is 1. The van der Waals surface area contributed by atoms with E-state index in [2.05, 4.69) is 164 Å². The first-order valence-electron chi connectivity index (χ1n) is 16.2. The van der Waals surface area contributed by atoms with Gasteiger partial charge < -0.3 is 4.74 Å². The number of hydrogen-bond donors (Lipinski definition) is 0. The van der Waals surface area contributed by atoms with Gasteiger partial charge >= 0.3 is 0 Å². The quantitative estimate of drug-likeness (QED) is 0.184. The van der Waals surface area contributed by atoms with Crippen molar-refractivity contribution in [2.24, 2.45) is 0 Å². The number of fused-ring (bicyclic) bond motifs is 5. The summed E-state index contributed by atoms with van der Waals surface area (Å²) < 4.78 is 6.45. The Bertz CT molecular complexity index is 2640. The second kappa shape index (κ2) is 10.2. The van der Waals surface area contributed by atoms with E-state index >= 15 is 0 Å². The minimum absolute atomic E-state index is 0.909. The van der Waals surface area contributed by atoms with Crippen molar-refractivity contribution in [3.05, 3.63) is 170 Å². The zero-order valence-electron chi connectivity index (χ0n) is 25.6. The summed E-state index contributed by atoms with van der Waals surface area (Å²) in [5.41, 5.74) is 9.78. The average Bonchev–Trinajstić information content (AvgIpc) is 3.14. The van der Waals surface area contributed by atoms with Crippen molar-refractivity contribution in [2.45, 2.75) is 0 Å². The Balaban J connectivity index is 1.20. The zero-order valence-corrected chi connectivity index (χ0v) is 25.6. The summed E-state index contributed by atoms with van der Waals surface area (Å²) in [6.45, 7) is 0. The molecular weight excluding hydrogens is 569 g/mol. The maximum absolute atomic E-state index is 6.45. The maximum atomic E-state index is 6.45. The van der Waals surface area contributed by atoms with Crippen molar-refractivity contribution in [1.82, 2.24) is 0 Å². The molecule has 0 saturated carbocycles. The van der Waals surface area contributed by atoms with Gasteiger partial charge in [-0.25, -0.2) is 0 Å². The second-order valence-electron chi connectivity index (χ2n) is 12.4. The molecule has 218 valence electrons. The van der Waals surface area contributed by atoms with Crippen LogP contribution in [0.15, 0.2) is 170 Å². The van der Waals surface area contributed by atoms with Gasteiger partial charge in [0, 0.05) is 10.9 Å². The highest BCUT2D eigenvalue weighted by molar-refractivity contribution is 6.24. The van der Waals surface area contributed by atoms with E-state index in [0.29, 0.717) is 0 Å². The van der Waals surface area contributed by atoms with Gasteiger partial charge in [-0.15, -0.1) is 0 Å². The normalized spacial score (nSPS) is 12.0. The predicted molar refractivity (Wildman–Crippen MR) is 198 cm³/mol. The highest BCUT2D eigenvalue weighted by atomic mass is 16.5. The summed E-state index contributed by atoms with van der Waals surface area (Å²) in [7, 11) is 0. The van der Waals surface area contributed by atoms with Crippen molar-refractivity contribution in [3.63, 3.8) is 0 Å². The molecule has 0 fully saturated rings. The lowest BCUT2D eigenvalue weighted by Gasteiger charge is -2.24. The summed E-state index contributed by atoms with van der Waals surface area (Å²) >= 11 is 0. The highest BCUT2D eigenvalue weighted by Crippen LogP contribution is 2.51. The standard InChI is InChI=1S/C46H28O/c1-2-11-32-28-33(25-22-29(32)10-1)30-20-23-31(24-21-30)44-36-13-3-5-15-38(36)45(39-16-6-4-14-37(39)44)41-26-27-43-46-35(17-9-18-40(41)46)34-12-7-8-19-42(34)47-43/h1-28H. The van der Waals surface area contributed by atoms with E-state index in [1.165, 1.54) is 82.0 Å². The minimum atomic E-state index is 0.909. The van der Waals surface area contributed by atoms with E-state index in [-0.39, 0.29) is 0 Å². The maximum Gasteiger partial charge on any atom is 0.135 e. The molecule has 0 amide bonds. The second-order valence-corrected chi connectivity index (χ2v) is 12.4. The molecule has 9 aromatic carbocycles. The Labute approximate surface area is 272 Å². The highest BCUT2D eigenvalue weighted by Gasteiger charge is 2.23. The van der Waals surface area contributed by atoms with Crippen LogP contribution in [0.5, 0.6) is 11.5 Å². The molecule has 0 radical (unpaired) electrons. The molecule has 0 aliphatic carbocycles. The van der Waals surface area contributed by atoms with Gasteiger partial charge in [0.15, 0.2) is 0 Å². The van der Waals surface area contributed by atoms with Crippen LogP contribution in [0.25, 0.3) is 87.6 Å². The van der Waals surface area contributed by atoms with Gasteiger partial charge in [-0.2, -0.15) is 0 Å². The van der Waals surface area contributed by atoms with Gasteiger partial charge in [0.2, 0.25) is 0 Å². The zero-order chi connectivity index (χ0) is 30.9. The molecule has 0 aromatic heterocycles. The van der Waals surface area contributed by atoms with Crippen molar-refractivity contribution in [2.75, 3.05) is 0 Å². The molecule has 0 unspecified atom stereocenters. The summed E-state index contributed by atoms with van der Waals surface area (Å²) in [5, 5.41) is 9.90. The van der Waals surface area contributed by atoms with Crippen LogP contribution in [0.1, 0.15) is 0 Å². The Morgan fingerprint density at radius 3 is 1.64 bits per heavy atom. The lowest BCUT2D eigenvalue weighted by atomic mass is 9.83. The van der Waals surface area contributed by atoms with Gasteiger partial charge in [-0.3, -0.25) is 0 Å². The third kappa shape index (κ3) is 3.97. The van der Waals surface area contributed by atoms with Crippen molar-refractivity contribution in [1.29, 1.82) is 0 Å². The van der Waals surface area contributed by atoms with E-state index in [0.717, 1.165) is 17.1 Å². The SMILES string of the molecule is c1ccc2c(c1)Oc1ccc(-c3c4ccccc4c(-c4ccc(-c5ccc6ccccc6c5)cc4)c4ccccc34)c3cccc-2c13. The van der Waals surface area contributed by atoms with Crippen LogP contribution in [-0.4, -0.2) is 0 Å². The smallest absolute Gasteiger partial charge is 0.135 e.